The van der Waals surface area contributed by atoms with Crippen LogP contribution in [0.3, 0.4) is 0 Å². The SMILES string of the molecule is CC(Nc1ccc([N+](=O)[O-])c(N)c1)c1ccccc1Cl. The molecule has 104 valence electrons. The Balaban J connectivity index is 2.20. The first-order valence-corrected chi connectivity index (χ1v) is 6.41. The Labute approximate surface area is 121 Å². The van der Waals surface area contributed by atoms with Crippen LogP contribution in [0.1, 0.15) is 18.5 Å². The van der Waals surface area contributed by atoms with Crippen molar-refractivity contribution in [3.05, 3.63) is 63.2 Å². The van der Waals surface area contributed by atoms with Crippen LogP contribution in [-0.4, -0.2) is 4.92 Å². The van der Waals surface area contributed by atoms with Crippen molar-refractivity contribution >= 4 is 28.7 Å². The van der Waals surface area contributed by atoms with E-state index in [2.05, 4.69) is 5.32 Å². The van der Waals surface area contributed by atoms with Gasteiger partial charge >= 0.3 is 0 Å². The number of nitrogens with one attached hydrogen (secondary N) is 1. The zero-order valence-corrected chi connectivity index (χ0v) is 11.6. The molecule has 0 aliphatic heterocycles. The second-order valence-electron chi connectivity index (χ2n) is 4.42. The van der Waals surface area contributed by atoms with Crippen molar-refractivity contribution in [1.29, 1.82) is 0 Å². The van der Waals surface area contributed by atoms with Crippen molar-refractivity contribution < 1.29 is 4.92 Å². The summed E-state index contributed by atoms with van der Waals surface area (Å²) < 4.78 is 0. The van der Waals surface area contributed by atoms with E-state index < -0.39 is 4.92 Å². The number of nitro benzene ring substituents is 1. The van der Waals surface area contributed by atoms with Crippen LogP contribution in [-0.2, 0) is 0 Å². The predicted octanol–water partition coefficient (Wildman–Crippen LogP) is 4.00. The molecule has 20 heavy (non-hydrogen) atoms. The lowest BCUT2D eigenvalue weighted by atomic mass is 10.1. The summed E-state index contributed by atoms with van der Waals surface area (Å²) in [5.41, 5.74) is 7.35. The van der Waals surface area contributed by atoms with Gasteiger partial charge in [0.25, 0.3) is 5.69 Å². The highest BCUT2D eigenvalue weighted by Gasteiger charge is 2.13. The molecule has 5 nitrogen and oxygen atoms in total. The number of nitro groups is 1. The largest absolute Gasteiger partial charge is 0.393 e. The number of anilines is 2. The van der Waals surface area contributed by atoms with Crippen LogP contribution in [0.2, 0.25) is 5.02 Å². The van der Waals surface area contributed by atoms with Gasteiger partial charge in [0.05, 0.1) is 4.92 Å². The van der Waals surface area contributed by atoms with Crippen molar-refractivity contribution in [3.8, 4) is 0 Å². The Bertz CT molecular complexity index is 646. The molecule has 1 unspecified atom stereocenters. The molecule has 0 heterocycles. The number of benzene rings is 2. The number of rotatable bonds is 4. The number of halogens is 1. The van der Waals surface area contributed by atoms with Gasteiger partial charge in [-0.3, -0.25) is 10.1 Å². The lowest BCUT2D eigenvalue weighted by molar-refractivity contribution is -0.383. The summed E-state index contributed by atoms with van der Waals surface area (Å²) in [4.78, 5) is 10.2. The second kappa shape index (κ2) is 5.79. The van der Waals surface area contributed by atoms with Crippen LogP contribution >= 0.6 is 11.6 Å². The van der Waals surface area contributed by atoms with Crippen LogP contribution in [0.4, 0.5) is 17.1 Å². The van der Waals surface area contributed by atoms with Crippen LogP contribution in [0, 0.1) is 10.1 Å². The molecule has 0 aliphatic rings. The molecule has 1 atom stereocenters. The van der Waals surface area contributed by atoms with E-state index >= 15 is 0 Å². The van der Waals surface area contributed by atoms with Gasteiger partial charge in [-0.1, -0.05) is 29.8 Å². The third kappa shape index (κ3) is 3.00. The van der Waals surface area contributed by atoms with E-state index in [1.165, 1.54) is 6.07 Å². The number of nitrogens with two attached hydrogens (primary N) is 1. The second-order valence-corrected chi connectivity index (χ2v) is 4.83. The molecule has 2 aromatic carbocycles. The molecule has 2 rings (SSSR count). The van der Waals surface area contributed by atoms with E-state index in [1.807, 2.05) is 31.2 Å². The number of nitrogens with zero attached hydrogens (tertiary/aromatic N) is 1. The topological polar surface area (TPSA) is 81.2 Å². The van der Waals surface area contributed by atoms with E-state index in [0.29, 0.717) is 10.7 Å². The molecule has 3 N–H and O–H groups in total. The highest BCUT2D eigenvalue weighted by atomic mass is 35.5. The van der Waals surface area contributed by atoms with Crippen molar-refractivity contribution in [2.24, 2.45) is 0 Å². The maximum atomic E-state index is 10.7. The normalized spacial score (nSPS) is 11.9. The van der Waals surface area contributed by atoms with Crippen molar-refractivity contribution in [3.63, 3.8) is 0 Å². The molecule has 6 heteroatoms. The number of hydrogen-bond acceptors (Lipinski definition) is 4. The van der Waals surface area contributed by atoms with Gasteiger partial charge < -0.3 is 11.1 Å². The molecule has 0 amide bonds. The van der Waals surface area contributed by atoms with Crippen molar-refractivity contribution in [1.82, 2.24) is 0 Å². The monoisotopic (exact) mass is 291 g/mol. The third-order valence-corrected chi connectivity index (χ3v) is 3.32. The minimum absolute atomic E-state index is 0.0374. The van der Waals surface area contributed by atoms with Gasteiger partial charge in [0.1, 0.15) is 5.69 Å². The maximum absolute atomic E-state index is 10.7. The molecule has 0 aromatic heterocycles. The molecule has 0 bridgehead atoms. The molecule has 0 radical (unpaired) electrons. The quantitative estimate of drug-likeness (QED) is 0.507. The van der Waals surface area contributed by atoms with Gasteiger partial charge in [0.15, 0.2) is 0 Å². The van der Waals surface area contributed by atoms with Gasteiger partial charge in [-0.2, -0.15) is 0 Å². The molecule has 2 aromatic rings. The lowest BCUT2D eigenvalue weighted by Gasteiger charge is -2.17. The summed E-state index contributed by atoms with van der Waals surface area (Å²) in [5, 5.41) is 14.6. The average Bonchev–Trinajstić information content (AvgIpc) is 2.38. The Kier molecular flexibility index (Phi) is 4.10. The summed E-state index contributed by atoms with van der Waals surface area (Å²) in [6.07, 6.45) is 0. The van der Waals surface area contributed by atoms with Crippen molar-refractivity contribution in [2.75, 3.05) is 11.1 Å². The van der Waals surface area contributed by atoms with Gasteiger partial charge in [-0.25, -0.2) is 0 Å². The summed E-state index contributed by atoms with van der Waals surface area (Å²) >= 11 is 6.13. The summed E-state index contributed by atoms with van der Waals surface area (Å²) in [6.45, 7) is 1.96. The molecule has 0 spiro atoms. The minimum atomic E-state index is -0.503. The van der Waals surface area contributed by atoms with Gasteiger partial charge in [-0.05, 0) is 30.7 Å². The van der Waals surface area contributed by atoms with E-state index in [9.17, 15) is 10.1 Å². The summed E-state index contributed by atoms with van der Waals surface area (Å²) in [5.74, 6) is 0. The molecule has 0 saturated heterocycles. The van der Waals surface area contributed by atoms with Gasteiger partial charge in [0, 0.05) is 22.8 Å². The van der Waals surface area contributed by atoms with E-state index in [4.69, 9.17) is 17.3 Å². The lowest BCUT2D eigenvalue weighted by Crippen LogP contribution is -2.07. The van der Waals surface area contributed by atoms with Crippen LogP contribution < -0.4 is 11.1 Å². The smallest absolute Gasteiger partial charge is 0.292 e. The maximum Gasteiger partial charge on any atom is 0.292 e. The zero-order chi connectivity index (χ0) is 14.7. The fourth-order valence-corrected chi connectivity index (χ4v) is 2.26. The molecule has 0 aliphatic carbocycles. The summed E-state index contributed by atoms with van der Waals surface area (Å²) in [7, 11) is 0. The Hall–Kier alpha value is -2.27. The molecule has 0 fully saturated rings. The van der Waals surface area contributed by atoms with Crippen LogP contribution in [0.15, 0.2) is 42.5 Å². The van der Waals surface area contributed by atoms with Gasteiger partial charge in [0.2, 0.25) is 0 Å². The van der Waals surface area contributed by atoms with Crippen LogP contribution in [0.25, 0.3) is 0 Å². The van der Waals surface area contributed by atoms with E-state index in [0.717, 1.165) is 5.56 Å². The van der Waals surface area contributed by atoms with E-state index in [-0.39, 0.29) is 17.4 Å². The standard InChI is InChI=1S/C14H14ClN3O2/c1-9(11-4-2-3-5-12(11)15)17-10-6-7-14(18(19)20)13(16)8-10/h2-9,17H,16H2,1H3. The Morgan fingerprint density at radius 2 is 2.00 bits per heavy atom. The fourth-order valence-electron chi connectivity index (χ4n) is 1.96. The first kappa shape index (κ1) is 14.1. The van der Waals surface area contributed by atoms with E-state index in [1.54, 1.807) is 12.1 Å². The number of nitrogen functional groups attached to an aromatic ring is 1. The first-order chi connectivity index (χ1) is 9.49. The molecule has 0 saturated carbocycles. The molecular weight excluding hydrogens is 278 g/mol. The van der Waals surface area contributed by atoms with Gasteiger partial charge in [-0.15, -0.1) is 0 Å². The zero-order valence-electron chi connectivity index (χ0n) is 10.8. The number of hydrogen-bond donors (Lipinski definition) is 2. The fraction of sp³-hybridized carbons (Fsp3) is 0.143. The predicted molar refractivity (Wildman–Crippen MR) is 81.0 cm³/mol. The highest BCUT2D eigenvalue weighted by Crippen LogP contribution is 2.29. The first-order valence-electron chi connectivity index (χ1n) is 6.04. The average molecular weight is 292 g/mol. The highest BCUT2D eigenvalue weighted by molar-refractivity contribution is 6.31. The molecular formula is C14H14ClN3O2. The van der Waals surface area contributed by atoms with Crippen molar-refractivity contribution in [2.45, 2.75) is 13.0 Å². The third-order valence-electron chi connectivity index (χ3n) is 2.98. The van der Waals surface area contributed by atoms with Crippen LogP contribution in [0.5, 0.6) is 0 Å². The minimum Gasteiger partial charge on any atom is -0.393 e. The Morgan fingerprint density at radius 1 is 1.30 bits per heavy atom. The summed E-state index contributed by atoms with van der Waals surface area (Å²) in [6, 6.07) is 12.0. The Morgan fingerprint density at radius 3 is 2.60 bits per heavy atom.